The highest BCUT2D eigenvalue weighted by atomic mass is 32.1. The van der Waals surface area contributed by atoms with Gasteiger partial charge in [-0.1, -0.05) is 42.5 Å². The van der Waals surface area contributed by atoms with E-state index in [1.165, 1.54) is 9.80 Å². The zero-order chi connectivity index (χ0) is 30.3. The van der Waals surface area contributed by atoms with Gasteiger partial charge in [-0.05, 0) is 60.3 Å². The van der Waals surface area contributed by atoms with Crippen LogP contribution in [0.2, 0.25) is 0 Å². The Labute approximate surface area is 256 Å². The fourth-order valence-corrected chi connectivity index (χ4v) is 7.17. The maximum atomic E-state index is 14.1. The summed E-state index contributed by atoms with van der Waals surface area (Å²) in [4.78, 5) is 45.9. The standard InChI is InChI=1S/C33H36N4O5S/c1-34-30(39)33(31(40)35(2)32(34)43,21-36-17-24-14-25(19-36)26-10-7-11-29(38)37(26)18-24)16-23-12-13-27(28(15-23)41-3)42-20-22-8-5-4-6-9-22/h4-13,15,24-25H,14,16-21H2,1-3H3/t24-,25-/m0/s1. The molecule has 0 N–H and O–H groups in total. The average Bonchev–Trinajstić information content (AvgIpc) is 3.02. The molecule has 3 aromatic rings. The molecular weight excluding hydrogens is 564 g/mol. The fraction of sp³-hybridized carbons (Fsp3) is 0.394. The molecule has 10 heteroatoms. The highest BCUT2D eigenvalue weighted by molar-refractivity contribution is 7.80. The first-order chi connectivity index (χ1) is 20.7. The summed E-state index contributed by atoms with van der Waals surface area (Å²) in [5.41, 5.74) is 1.48. The number of ether oxygens (including phenoxy) is 2. The van der Waals surface area contributed by atoms with E-state index in [9.17, 15) is 14.4 Å². The van der Waals surface area contributed by atoms with Crippen LogP contribution in [0.3, 0.4) is 0 Å². The fourth-order valence-electron chi connectivity index (χ4n) is 7.01. The number of carbonyl (C=O) groups excluding carboxylic acids is 2. The predicted octanol–water partition coefficient (Wildman–Crippen LogP) is 3.30. The summed E-state index contributed by atoms with van der Waals surface area (Å²) in [6.07, 6.45) is 1.17. The molecule has 224 valence electrons. The number of hydrogen-bond acceptors (Lipinski definition) is 7. The maximum Gasteiger partial charge on any atom is 0.250 e. The van der Waals surface area contributed by atoms with E-state index in [2.05, 4.69) is 4.90 Å². The van der Waals surface area contributed by atoms with Crippen LogP contribution < -0.4 is 15.0 Å². The Balaban J connectivity index is 1.30. The molecule has 2 aromatic carbocycles. The van der Waals surface area contributed by atoms with E-state index in [1.807, 2.05) is 65.2 Å². The third-order valence-electron chi connectivity index (χ3n) is 9.02. The van der Waals surface area contributed by atoms with Gasteiger partial charge in [0.25, 0.3) is 5.56 Å². The number of benzene rings is 2. The van der Waals surface area contributed by atoms with E-state index in [0.29, 0.717) is 37.7 Å². The third-order valence-corrected chi connectivity index (χ3v) is 9.57. The van der Waals surface area contributed by atoms with Crippen LogP contribution in [0.15, 0.2) is 71.5 Å². The van der Waals surface area contributed by atoms with Crippen LogP contribution in [0.5, 0.6) is 11.5 Å². The van der Waals surface area contributed by atoms with Gasteiger partial charge in [0, 0.05) is 58.0 Å². The second-order valence-corrected chi connectivity index (χ2v) is 12.3. The van der Waals surface area contributed by atoms with Crippen LogP contribution in [0.4, 0.5) is 0 Å². The zero-order valence-electron chi connectivity index (χ0n) is 24.7. The van der Waals surface area contributed by atoms with Gasteiger partial charge in [-0.2, -0.15) is 0 Å². The van der Waals surface area contributed by atoms with Crippen molar-refractivity contribution in [3.8, 4) is 11.5 Å². The molecule has 6 rings (SSSR count). The lowest BCUT2D eigenvalue weighted by Crippen LogP contribution is -2.67. The molecule has 0 radical (unpaired) electrons. The number of thiocarbonyl (C=S) groups is 1. The van der Waals surface area contributed by atoms with Crippen molar-refractivity contribution in [2.24, 2.45) is 11.3 Å². The van der Waals surface area contributed by atoms with Crippen LogP contribution in [-0.4, -0.2) is 77.0 Å². The normalized spacial score (nSPS) is 21.5. The molecule has 2 saturated heterocycles. The molecule has 3 aliphatic heterocycles. The molecule has 0 unspecified atom stereocenters. The van der Waals surface area contributed by atoms with Crippen LogP contribution in [-0.2, 0) is 29.2 Å². The molecule has 2 fully saturated rings. The number of pyridine rings is 1. The van der Waals surface area contributed by atoms with Gasteiger partial charge in [0.05, 0.1) is 7.11 Å². The van der Waals surface area contributed by atoms with Crippen molar-refractivity contribution in [3.63, 3.8) is 0 Å². The number of aromatic nitrogens is 1. The van der Waals surface area contributed by atoms with E-state index in [1.54, 1.807) is 27.3 Å². The molecule has 2 amide bonds. The van der Waals surface area contributed by atoms with Crippen LogP contribution >= 0.6 is 12.2 Å². The largest absolute Gasteiger partial charge is 0.493 e. The molecule has 0 spiro atoms. The van der Waals surface area contributed by atoms with Crippen LogP contribution in [0.25, 0.3) is 0 Å². The number of likely N-dealkylation sites (tertiary alicyclic amines) is 1. The lowest BCUT2D eigenvalue weighted by Gasteiger charge is -2.48. The van der Waals surface area contributed by atoms with Crippen molar-refractivity contribution in [2.75, 3.05) is 40.8 Å². The molecule has 0 saturated carbocycles. The summed E-state index contributed by atoms with van der Waals surface area (Å²) in [6, 6.07) is 20.9. The molecule has 9 nitrogen and oxygen atoms in total. The third kappa shape index (κ3) is 5.34. The van der Waals surface area contributed by atoms with Crippen LogP contribution in [0, 0.1) is 11.3 Å². The van der Waals surface area contributed by atoms with Crippen LogP contribution in [0.1, 0.15) is 29.2 Å². The van der Waals surface area contributed by atoms with Gasteiger partial charge in [0.15, 0.2) is 16.6 Å². The number of piperidine rings is 1. The number of carbonyl (C=O) groups is 2. The SMILES string of the molecule is COc1cc(CC2(CN3C[C@@H]4C[C@@H](C3)c3cccc(=O)n3C4)C(=O)N(C)C(=S)N(C)C2=O)ccc1OCc1ccccc1. The quantitative estimate of drug-likeness (QED) is 0.290. The summed E-state index contributed by atoms with van der Waals surface area (Å²) >= 11 is 5.45. The number of fused-ring (bicyclic) bond motifs is 4. The average molecular weight is 601 g/mol. The molecule has 4 heterocycles. The molecule has 3 aliphatic rings. The number of methoxy groups -OCH3 is 1. The topological polar surface area (TPSA) is 84.3 Å². The first-order valence-electron chi connectivity index (χ1n) is 14.6. The van der Waals surface area contributed by atoms with Gasteiger partial charge in [0.1, 0.15) is 12.0 Å². The molecule has 1 aromatic heterocycles. The highest BCUT2D eigenvalue weighted by Crippen LogP contribution is 2.40. The Hall–Kier alpha value is -4.02. The Bertz CT molecular complexity index is 1600. The van der Waals surface area contributed by atoms with E-state index in [-0.39, 0.29) is 47.3 Å². The molecule has 0 aliphatic carbocycles. The summed E-state index contributed by atoms with van der Waals surface area (Å²) in [5.74, 6) is 0.914. The van der Waals surface area contributed by atoms with E-state index in [0.717, 1.165) is 23.2 Å². The van der Waals surface area contributed by atoms with E-state index < -0.39 is 5.41 Å². The number of hydrogen-bond donors (Lipinski definition) is 0. The van der Waals surface area contributed by atoms with Gasteiger partial charge >= 0.3 is 0 Å². The number of amides is 2. The number of nitrogens with zero attached hydrogens (tertiary/aromatic N) is 4. The number of rotatable bonds is 8. The van der Waals surface area contributed by atoms with Crippen molar-refractivity contribution in [2.45, 2.75) is 31.9 Å². The summed E-state index contributed by atoms with van der Waals surface area (Å²) < 4.78 is 13.6. The van der Waals surface area contributed by atoms with Gasteiger partial charge in [-0.25, -0.2) is 0 Å². The first kappa shape index (κ1) is 29.1. The van der Waals surface area contributed by atoms with Gasteiger partial charge < -0.3 is 18.9 Å². The Kier molecular flexibility index (Phi) is 7.83. The van der Waals surface area contributed by atoms with Crippen molar-refractivity contribution in [1.29, 1.82) is 0 Å². The van der Waals surface area contributed by atoms with Gasteiger partial charge in [-0.15, -0.1) is 0 Å². The lowest BCUT2D eigenvalue weighted by molar-refractivity contribution is -0.157. The minimum absolute atomic E-state index is 0.0247. The van der Waals surface area contributed by atoms with Gasteiger partial charge in [0.2, 0.25) is 11.8 Å². The summed E-state index contributed by atoms with van der Waals surface area (Å²) in [5, 5.41) is 0.191. The summed E-state index contributed by atoms with van der Waals surface area (Å²) in [6.45, 7) is 2.64. The molecule has 2 bridgehead atoms. The minimum Gasteiger partial charge on any atom is -0.493 e. The zero-order valence-corrected chi connectivity index (χ0v) is 25.5. The predicted molar refractivity (Wildman–Crippen MR) is 166 cm³/mol. The van der Waals surface area contributed by atoms with E-state index >= 15 is 0 Å². The minimum atomic E-state index is -1.38. The van der Waals surface area contributed by atoms with Crippen molar-refractivity contribution < 1.29 is 19.1 Å². The summed E-state index contributed by atoms with van der Waals surface area (Å²) in [7, 11) is 4.85. The Morgan fingerprint density at radius 3 is 2.33 bits per heavy atom. The second-order valence-electron chi connectivity index (χ2n) is 11.9. The van der Waals surface area contributed by atoms with Gasteiger partial charge in [-0.3, -0.25) is 24.2 Å². The first-order valence-corrected chi connectivity index (χ1v) is 15.0. The lowest BCUT2D eigenvalue weighted by atomic mass is 9.75. The Morgan fingerprint density at radius 1 is 0.860 bits per heavy atom. The van der Waals surface area contributed by atoms with Crippen molar-refractivity contribution in [1.82, 2.24) is 19.3 Å². The Morgan fingerprint density at radius 2 is 1.60 bits per heavy atom. The second kappa shape index (κ2) is 11.6. The highest BCUT2D eigenvalue weighted by Gasteiger charge is 2.55. The van der Waals surface area contributed by atoms with E-state index in [4.69, 9.17) is 21.7 Å². The monoisotopic (exact) mass is 600 g/mol. The van der Waals surface area contributed by atoms with Crippen molar-refractivity contribution in [3.05, 3.63) is 93.9 Å². The molecule has 2 atom stereocenters. The molecular formula is C33H36N4O5S. The smallest absolute Gasteiger partial charge is 0.250 e. The maximum absolute atomic E-state index is 14.1. The molecule has 43 heavy (non-hydrogen) atoms. The van der Waals surface area contributed by atoms with Crippen molar-refractivity contribution >= 4 is 29.1 Å².